The van der Waals surface area contributed by atoms with Gasteiger partial charge in [0.15, 0.2) is 5.78 Å². The van der Waals surface area contributed by atoms with Gasteiger partial charge in [0, 0.05) is 23.9 Å². The molecular formula is C18H18BrNO3. The fraction of sp³-hybridized carbons (Fsp3) is 0.222. The number of carbonyl (C=O) groups excluding carboxylic acids is 2. The van der Waals surface area contributed by atoms with Gasteiger partial charge in [-0.25, -0.2) is 0 Å². The molecule has 2 aromatic carbocycles. The van der Waals surface area contributed by atoms with Gasteiger partial charge in [0.1, 0.15) is 12.4 Å². The predicted molar refractivity (Wildman–Crippen MR) is 92.2 cm³/mol. The molecule has 0 saturated heterocycles. The molecule has 0 aromatic heterocycles. The van der Waals surface area contributed by atoms with Crippen LogP contribution >= 0.6 is 15.9 Å². The van der Waals surface area contributed by atoms with Crippen molar-refractivity contribution in [3.05, 3.63) is 64.6 Å². The van der Waals surface area contributed by atoms with E-state index in [0.717, 1.165) is 10.0 Å². The van der Waals surface area contributed by atoms with Crippen molar-refractivity contribution in [2.75, 3.05) is 6.61 Å². The zero-order valence-corrected chi connectivity index (χ0v) is 14.2. The number of nitrogens with one attached hydrogen (secondary N) is 1. The SMILES string of the molecule is O=C(CCC(=O)NCc1ccccc1)COc1ccc(Br)cc1. The summed E-state index contributed by atoms with van der Waals surface area (Å²) < 4.78 is 6.33. The minimum absolute atomic E-state index is 0.0202. The van der Waals surface area contributed by atoms with Crippen LogP contribution in [0.3, 0.4) is 0 Å². The van der Waals surface area contributed by atoms with Crippen molar-refractivity contribution in [3.63, 3.8) is 0 Å². The van der Waals surface area contributed by atoms with E-state index in [1.165, 1.54) is 0 Å². The number of amides is 1. The Morgan fingerprint density at radius 2 is 1.65 bits per heavy atom. The van der Waals surface area contributed by atoms with Crippen LogP contribution in [0.5, 0.6) is 5.75 Å². The molecule has 2 rings (SSSR count). The summed E-state index contributed by atoms with van der Waals surface area (Å²) in [6, 6.07) is 16.9. The smallest absolute Gasteiger partial charge is 0.220 e. The third-order valence-corrected chi connectivity index (χ3v) is 3.71. The Bertz CT molecular complexity index is 641. The van der Waals surface area contributed by atoms with Crippen molar-refractivity contribution in [2.45, 2.75) is 19.4 Å². The lowest BCUT2D eigenvalue weighted by Gasteiger charge is -2.07. The number of hydrogen-bond acceptors (Lipinski definition) is 3. The minimum Gasteiger partial charge on any atom is -0.486 e. The molecule has 0 heterocycles. The number of hydrogen-bond donors (Lipinski definition) is 1. The van der Waals surface area contributed by atoms with E-state index in [9.17, 15) is 9.59 Å². The zero-order chi connectivity index (χ0) is 16.5. The second-order valence-corrected chi connectivity index (χ2v) is 5.96. The van der Waals surface area contributed by atoms with Crippen LogP contribution in [0.15, 0.2) is 59.1 Å². The Balaban J connectivity index is 1.63. The second-order valence-electron chi connectivity index (χ2n) is 5.04. The van der Waals surface area contributed by atoms with Gasteiger partial charge >= 0.3 is 0 Å². The third-order valence-electron chi connectivity index (χ3n) is 3.18. The molecular weight excluding hydrogens is 358 g/mol. The first-order chi connectivity index (χ1) is 11.1. The Labute approximate surface area is 144 Å². The van der Waals surface area contributed by atoms with E-state index in [4.69, 9.17) is 4.74 Å². The molecule has 0 bridgehead atoms. The first-order valence-corrected chi connectivity index (χ1v) is 8.13. The van der Waals surface area contributed by atoms with Crippen LogP contribution in [0.1, 0.15) is 18.4 Å². The topological polar surface area (TPSA) is 55.4 Å². The maximum Gasteiger partial charge on any atom is 0.220 e. The number of ketones is 1. The highest BCUT2D eigenvalue weighted by Gasteiger charge is 2.08. The summed E-state index contributed by atoms with van der Waals surface area (Å²) in [6.07, 6.45) is 0.354. The summed E-state index contributed by atoms with van der Waals surface area (Å²) in [5, 5.41) is 2.80. The van der Waals surface area contributed by atoms with Gasteiger partial charge in [-0.15, -0.1) is 0 Å². The average molecular weight is 376 g/mol. The molecule has 0 spiro atoms. The second kappa shape index (κ2) is 9.10. The lowest BCUT2D eigenvalue weighted by Crippen LogP contribution is -2.24. The van der Waals surface area contributed by atoms with E-state index < -0.39 is 0 Å². The van der Waals surface area contributed by atoms with Crippen LogP contribution in [0.25, 0.3) is 0 Å². The highest BCUT2D eigenvalue weighted by molar-refractivity contribution is 9.10. The van der Waals surface area contributed by atoms with Crippen LogP contribution in [0, 0.1) is 0 Å². The molecule has 0 aliphatic carbocycles. The standard InChI is InChI=1S/C18H18BrNO3/c19-15-6-9-17(10-7-15)23-13-16(21)8-11-18(22)20-12-14-4-2-1-3-5-14/h1-7,9-10H,8,11-13H2,(H,20,22). The molecule has 1 N–H and O–H groups in total. The number of Topliss-reactive ketones (excluding diaryl/α,β-unsaturated/α-hetero) is 1. The summed E-state index contributed by atoms with van der Waals surface area (Å²) in [5.41, 5.74) is 1.03. The lowest BCUT2D eigenvalue weighted by atomic mass is 10.2. The molecule has 2 aromatic rings. The quantitative estimate of drug-likeness (QED) is 0.767. The molecule has 0 aliphatic rings. The molecule has 120 valence electrons. The number of ether oxygens (including phenoxy) is 1. The van der Waals surface area contributed by atoms with Crippen molar-refractivity contribution >= 4 is 27.6 Å². The molecule has 23 heavy (non-hydrogen) atoms. The number of benzene rings is 2. The third kappa shape index (κ3) is 6.65. The van der Waals surface area contributed by atoms with Gasteiger partial charge in [-0.3, -0.25) is 9.59 Å². The normalized spacial score (nSPS) is 10.1. The Kier molecular flexibility index (Phi) is 6.81. The Morgan fingerprint density at radius 3 is 2.35 bits per heavy atom. The van der Waals surface area contributed by atoms with Gasteiger partial charge in [-0.2, -0.15) is 0 Å². The van der Waals surface area contributed by atoms with Gasteiger partial charge < -0.3 is 10.1 Å². The van der Waals surface area contributed by atoms with E-state index in [1.807, 2.05) is 42.5 Å². The van der Waals surface area contributed by atoms with Gasteiger partial charge in [-0.05, 0) is 29.8 Å². The maximum atomic E-state index is 11.7. The van der Waals surface area contributed by atoms with Crippen molar-refractivity contribution in [2.24, 2.45) is 0 Å². The van der Waals surface area contributed by atoms with Crippen LogP contribution < -0.4 is 10.1 Å². The maximum absolute atomic E-state index is 11.7. The van der Waals surface area contributed by atoms with Crippen LogP contribution in [0.2, 0.25) is 0 Å². The fourth-order valence-electron chi connectivity index (χ4n) is 1.90. The number of carbonyl (C=O) groups is 2. The van der Waals surface area contributed by atoms with E-state index >= 15 is 0 Å². The fourth-order valence-corrected chi connectivity index (χ4v) is 2.17. The van der Waals surface area contributed by atoms with Gasteiger partial charge in [0.2, 0.25) is 5.91 Å². The Morgan fingerprint density at radius 1 is 0.957 bits per heavy atom. The molecule has 0 atom stereocenters. The minimum atomic E-state index is -0.133. The molecule has 0 fully saturated rings. The van der Waals surface area contributed by atoms with E-state index in [1.54, 1.807) is 12.1 Å². The predicted octanol–water partition coefficient (Wildman–Crippen LogP) is 3.49. The zero-order valence-electron chi connectivity index (χ0n) is 12.6. The van der Waals surface area contributed by atoms with Crippen LogP contribution in [-0.2, 0) is 16.1 Å². The van der Waals surface area contributed by atoms with Crippen molar-refractivity contribution in [3.8, 4) is 5.75 Å². The van der Waals surface area contributed by atoms with Crippen molar-refractivity contribution < 1.29 is 14.3 Å². The highest BCUT2D eigenvalue weighted by Crippen LogP contribution is 2.16. The van der Waals surface area contributed by atoms with E-state index in [0.29, 0.717) is 12.3 Å². The first kappa shape index (κ1) is 17.2. The molecule has 5 heteroatoms. The molecule has 0 radical (unpaired) electrons. The van der Waals surface area contributed by atoms with Gasteiger partial charge in [0.25, 0.3) is 0 Å². The number of halogens is 1. The molecule has 0 aliphatic heterocycles. The summed E-state index contributed by atoms with van der Waals surface area (Å²) in [5.74, 6) is 0.406. The number of rotatable bonds is 8. The van der Waals surface area contributed by atoms with Gasteiger partial charge in [0.05, 0.1) is 0 Å². The largest absolute Gasteiger partial charge is 0.486 e. The van der Waals surface area contributed by atoms with Gasteiger partial charge in [-0.1, -0.05) is 46.3 Å². The van der Waals surface area contributed by atoms with E-state index in [2.05, 4.69) is 21.2 Å². The summed E-state index contributed by atoms with van der Waals surface area (Å²) in [7, 11) is 0. The highest BCUT2D eigenvalue weighted by atomic mass is 79.9. The van der Waals surface area contributed by atoms with Crippen molar-refractivity contribution in [1.29, 1.82) is 0 Å². The summed E-state index contributed by atoms with van der Waals surface area (Å²) in [6.45, 7) is 0.455. The van der Waals surface area contributed by atoms with Crippen LogP contribution in [0.4, 0.5) is 0 Å². The average Bonchev–Trinajstić information content (AvgIpc) is 2.58. The summed E-state index contributed by atoms with van der Waals surface area (Å²) >= 11 is 3.33. The molecule has 0 saturated carbocycles. The molecule has 0 unspecified atom stereocenters. The molecule has 4 nitrogen and oxygen atoms in total. The van der Waals surface area contributed by atoms with E-state index in [-0.39, 0.29) is 31.1 Å². The molecule has 1 amide bonds. The first-order valence-electron chi connectivity index (χ1n) is 7.34. The van der Waals surface area contributed by atoms with Crippen LogP contribution in [-0.4, -0.2) is 18.3 Å². The van der Waals surface area contributed by atoms with Crippen molar-refractivity contribution in [1.82, 2.24) is 5.32 Å². The summed E-state index contributed by atoms with van der Waals surface area (Å²) in [4.78, 5) is 23.5. The Hall–Kier alpha value is -2.14. The lowest BCUT2D eigenvalue weighted by molar-refractivity contribution is -0.126. The monoisotopic (exact) mass is 375 g/mol.